The molecule has 0 fully saturated rings. The summed E-state index contributed by atoms with van der Waals surface area (Å²) in [6, 6.07) is 30.5. The van der Waals surface area contributed by atoms with Crippen molar-refractivity contribution in [2.45, 2.75) is 12.4 Å². The third-order valence-corrected chi connectivity index (χ3v) is 14.1. The number of hydrogen-bond donors (Lipinski definition) is 0. The van der Waals surface area contributed by atoms with E-state index in [0.717, 1.165) is 84.3 Å². The lowest BCUT2D eigenvalue weighted by atomic mass is 10.0. The van der Waals surface area contributed by atoms with Crippen molar-refractivity contribution in [3.63, 3.8) is 0 Å². The van der Waals surface area contributed by atoms with Crippen LogP contribution in [0.15, 0.2) is 97.1 Å². The van der Waals surface area contributed by atoms with Crippen LogP contribution in [0, 0.1) is 0 Å². The summed E-state index contributed by atoms with van der Waals surface area (Å²) >= 11 is 6.36. The minimum Gasteiger partial charge on any atom is -0.165 e. The molecule has 5 aromatic heterocycles. The maximum absolute atomic E-state index is 13.4. The van der Waals surface area contributed by atoms with Crippen LogP contribution in [0.5, 0.6) is 0 Å². The van der Waals surface area contributed by atoms with Gasteiger partial charge in [0.25, 0.3) is 0 Å². The van der Waals surface area contributed by atoms with E-state index in [1.54, 1.807) is 46.1 Å². The first-order valence-electron chi connectivity index (χ1n) is 14.2. The molecule has 0 spiro atoms. The van der Waals surface area contributed by atoms with E-state index in [1.807, 2.05) is 24.3 Å². The Balaban J connectivity index is 1.03. The smallest absolute Gasteiger partial charge is 0.165 e. The molecule has 0 aliphatic carbocycles. The zero-order chi connectivity index (χ0) is 32.2. The minimum atomic E-state index is -4.36. The molecule has 232 valence electrons. The fraction of sp³-hybridized carbons (Fsp3) is 0.0556. The maximum Gasteiger partial charge on any atom is 0.425 e. The van der Waals surface area contributed by atoms with Gasteiger partial charge in [0.1, 0.15) is 9.75 Å². The molecular weight excluding hydrogens is 707 g/mol. The molecule has 0 saturated carbocycles. The van der Waals surface area contributed by atoms with Crippen molar-refractivity contribution in [2.24, 2.45) is 0 Å². The standard InChI is InChI=1S/C36H16F6S5/c37-35(38,39)33-15-23-21-13-31(44-26(21)6-8-28(23)46-33)20-4-2-17-11-19(3-1-18(17)12-20)25-5-10-30(43-25)32-14-22-24-16-34(36(40,41)42)47-29(24)9-7-27(22)45-32/h1-16H. The van der Waals surface area contributed by atoms with E-state index in [1.165, 1.54) is 12.1 Å². The molecule has 9 rings (SSSR count). The van der Waals surface area contributed by atoms with Crippen LogP contribution < -0.4 is 0 Å². The summed E-state index contributed by atoms with van der Waals surface area (Å²) in [5.74, 6) is 0. The number of thiophene rings is 5. The van der Waals surface area contributed by atoms with Gasteiger partial charge in [-0.2, -0.15) is 26.3 Å². The van der Waals surface area contributed by atoms with Crippen molar-refractivity contribution >= 4 is 108 Å². The number of benzene rings is 4. The van der Waals surface area contributed by atoms with Gasteiger partial charge >= 0.3 is 12.4 Å². The van der Waals surface area contributed by atoms with E-state index in [-0.39, 0.29) is 0 Å². The molecule has 47 heavy (non-hydrogen) atoms. The number of alkyl halides is 6. The van der Waals surface area contributed by atoms with Gasteiger partial charge in [0, 0.05) is 59.9 Å². The predicted molar refractivity (Wildman–Crippen MR) is 190 cm³/mol. The molecule has 0 nitrogen and oxygen atoms in total. The molecule has 9 aromatic rings. The summed E-state index contributed by atoms with van der Waals surface area (Å²) in [5, 5.41) is 5.08. The third kappa shape index (κ3) is 4.98. The van der Waals surface area contributed by atoms with E-state index in [4.69, 9.17) is 0 Å². The molecule has 0 aliphatic heterocycles. The Labute approximate surface area is 282 Å². The van der Waals surface area contributed by atoms with Crippen molar-refractivity contribution < 1.29 is 26.3 Å². The Hall–Kier alpha value is -3.74. The Kier molecular flexibility index (Phi) is 6.49. The molecule has 0 saturated heterocycles. The average Bonchev–Trinajstić information content (AvgIpc) is 3.85. The molecule has 11 heteroatoms. The quantitative estimate of drug-likeness (QED) is 0.159. The second-order valence-corrected chi connectivity index (χ2v) is 16.6. The number of hydrogen-bond acceptors (Lipinski definition) is 5. The molecule has 0 bridgehead atoms. The Morgan fingerprint density at radius 2 is 0.766 bits per heavy atom. The van der Waals surface area contributed by atoms with Gasteiger partial charge in [0.15, 0.2) is 0 Å². The number of rotatable bonds is 3. The molecule has 0 unspecified atom stereocenters. The van der Waals surface area contributed by atoms with E-state index in [9.17, 15) is 26.3 Å². The Morgan fingerprint density at radius 3 is 1.30 bits per heavy atom. The number of fused-ring (bicyclic) bond motifs is 7. The lowest BCUT2D eigenvalue weighted by molar-refractivity contribution is -0.135. The summed E-state index contributed by atoms with van der Waals surface area (Å²) < 4.78 is 83.3. The monoisotopic (exact) mass is 722 g/mol. The van der Waals surface area contributed by atoms with Crippen molar-refractivity contribution in [1.29, 1.82) is 0 Å². The Morgan fingerprint density at radius 1 is 0.340 bits per heavy atom. The van der Waals surface area contributed by atoms with Crippen LogP contribution in [0.25, 0.3) is 81.8 Å². The molecule has 0 amide bonds. The third-order valence-electron chi connectivity index (χ3n) is 8.21. The first-order valence-corrected chi connectivity index (χ1v) is 18.3. The molecule has 5 heterocycles. The first-order chi connectivity index (χ1) is 22.5. The van der Waals surface area contributed by atoms with Crippen molar-refractivity contribution in [2.75, 3.05) is 0 Å². The van der Waals surface area contributed by atoms with Crippen LogP contribution in [0.2, 0.25) is 0 Å². The summed E-state index contributed by atoms with van der Waals surface area (Å²) in [6.07, 6.45) is -8.72. The SMILES string of the molecule is FC(F)(F)c1cc2c(ccc3sc(-c4ccc5cc(-c6ccc(-c7cc8c(ccc9sc(C(F)(F)F)cc98)s7)s6)ccc5c4)cc32)s1. The van der Waals surface area contributed by atoms with Gasteiger partial charge in [-0.25, -0.2) is 0 Å². The van der Waals surface area contributed by atoms with E-state index in [0.29, 0.717) is 20.2 Å². The van der Waals surface area contributed by atoms with Gasteiger partial charge in [-0.15, -0.1) is 56.7 Å². The van der Waals surface area contributed by atoms with Crippen molar-refractivity contribution in [3.8, 4) is 30.6 Å². The lowest BCUT2D eigenvalue weighted by Crippen LogP contribution is -2.00. The highest BCUT2D eigenvalue weighted by atomic mass is 32.1. The van der Waals surface area contributed by atoms with Crippen LogP contribution in [-0.4, -0.2) is 0 Å². The molecule has 0 atom stereocenters. The topological polar surface area (TPSA) is 0 Å². The van der Waals surface area contributed by atoms with Crippen LogP contribution >= 0.6 is 56.7 Å². The predicted octanol–water partition coefficient (Wildman–Crippen LogP) is 14.8. The zero-order valence-electron chi connectivity index (χ0n) is 23.5. The molecule has 0 aliphatic rings. The first kappa shape index (κ1) is 29.4. The highest BCUT2D eigenvalue weighted by Crippen LogP contribution is 2.47. The van der Waals surface area contributed by atoms with Crippen LogP contribution in [0.1, 0.15) is 9.75 Å². The minimum absolute atomic E-state index is 0.582. The lowest BCUT2D eigenvalue weighted by Gasteiger charge is -2.04. The van der Waals surface area contributed by atoms with Crippen molar-refractivity contribution in [3.05, 3.63) is 107 Å². The highest BCUT2D eigenvalue weighted by molar-refractivity contribution is 7.27. The summed E-state index contributed by atoms with van der Waals surface area (Å²) in [6.45, 7) is 0. The summed E-state index contributed by atoms with van der Waals surface area (Å²) in [4.78, 5) is 3.00. The van der Waals surface area contributed by atoms with Crippen LogP contribution in [0.4, 0.5) is 26.3 Å². The largest absolute Gasteiger partial charge is 0.425 e. The highest BCUT2D eigenvalue weighted by Gasteiger charge is 2.34. The van der Waals surface area contributed by atoms with Crippen LogP contribution in [-0.2, 0) is 12.4 Å². The van der Waals surface area contributed by atoms with Gasteiger partial charge in [-0.3, -0.25) is 0 Å². The zero-order valence-corrected chi connectivity index (χ0v) is 27.6. The molecular formula is C36H16F6S5. The van der Waals surface area contributed by atoms with E-state index in [2.05, 4.69) is 48.5 Å². The fourth-order valence-electron chi connectivity index (χ4n) is 5.98. The van der Waals surface area contributed by atoms with E-state index < -0.39 is 22.1 Å². The van der Waals surface area contributed by atoms with E-state index >= 15 is 0 Å². The van der Waals surface area contributed by atoms with Gasteiger partial charge in [0.05, 0.1) is 0 Å². The Bertz CT molecular complexity index is 2670. The van der Waals surface area contributed by atoms with Crippen LogP contribution in [0.3, 0.4) is 0 Å². The number of halogens is 6. The molecule has 4 aromatic carbocycles. The van der Waals surface area contributed by atoms with Gasteiger partial charge in [0.2, 0.25) is 0 Å². The maximum atomic E-state index is 13.4. The fourth-order valence-corrected chi connectivity index (χ4v) is 11.1. The van der Waals surface area contributed by atoms with Crippen molar-refractivity contribution in [1.82, 2.24) is 0 Å². The normalized spacial score (nSPS) is 12.9. The van der Waals surface area contributed by atoms with Gasteiger partial charge < -0.3 is 0 Å². The second kappa shape index (κ2) is 10.4. The summed E-state index contributed by atoms with van der Waals surface area (Å²) in [5.41, 5.74) is 2.08. The van der Waals surface area contributed by atoms with Gasteiger partial charge in [-0.05, 0) is 94.7 Å². The molecule has 0 radical (unpaired) electrons. The average molecular weight is 723 g/mol. The summed E-state index contributed by atoms with van der Waals surface area (Å²) in [7, 11) is 0. The molecule has 0 N–H and O–H groups in total. The second-order valence-electron chi connectivity index (χ2n) is 11.2. The van der Waals surface area contributed by atoms with Gasteiger partial charge in [-0.1, -0.05) is 24.3 Å².